The van der Waals surface area contributed by atoms with Gasteiger partial charge in [0, 0.05) is 16.7 Å². The second-order valence-electron chi connectivity index (χ2n) is 12.1. The number of rotatable bonds is 5. The first-order valence-corrected chi connectivity index (χ1v) is 18.4. The Bertz CT molecular complexity index is 2130. The number of benzene rings is 6. The average Bonchev–Trinajstić information content (AvgIpc) is 3.35. The minimum absolute atomic E-state index is 0.658. The van der Waals surface area contributed by atoms with Gasteiger partial charge >= 0.3 is 0 Å². The van der Waals surface area contributed by atoms with E-state index < -0.39 is 8.07 Å². The Balaban J connectivity index is 1.22. The van der Waals surface area contributed by atoms with Crippen LogP contribution in [-0.2, 0) is 0 Å². The second-order valence-corrected chi connectivity index (χ2v) is 16.4. The van der Waals surface area contributed by atoms with E-state index in [1.54, 1.807) is 0 Å². The van der Waals surface area contributed by atoms with Gasteiger partial charge in [-0.15, -0.1) is 0 Å². The van der Waals surface area contributed by atoms with Gasteiger partial charge in [0.2, 0.25) is 0 Å². The minimum Gasteiger partial charge on any atom is -0.208 e. The van der Waals surface area contributed by atoms with Gasteiger partial charge in [-0.2, -0.15) is 0 Å². The molecule has 6 aromatic carbocycles. The Kier molecular flexibility index (Phi) is 6.58. The van der Waals surface area contributed by atoms with Crippen LogP contribution in [0.25, 0.3) is 67.5 Å². The zero-order valence-corrected chi connectivity index (χ0v) is 26.3. The lowest BCUT2D eigenvalue weighted by molar-refractivity contribution is 1.07. The molecule has 0 spiro atoms. The summed E-state index contributed by atoms with van der Waals surface area (Å²) in [6.45, 7) is 4.94. The fraction of sp³-hybridized carbons (Fsp3) is 0.0488. The molecule has 0 atom stereocenters. The molecule has 0 fully saturated rings. The molecule has 0 N–H and O–H groups in total. The van der Waals surface area contributed by atoms with Gasteiger partial charge in [0.15, 0.2) is 17.5 Å². The molecule has 214 valence electrons. The molecule has 45 heavy (non-hydrogen) atoms. The van der Waals surface area contributed by atoms with Gasteiger partial charge in [0.25, 0.3) is 0 Å². The van der Waals surface area contributed by atoms with Gasteiger partial charge in [-0.1, -0.05) is 153 Å². The predicted octanol–water partition coefficient (Wildman–Crippen LogP) is 9.01. The van der Waals surface area contributed by atoms with Crippen molar-refractivity contribution in [2.24, 2.45) is 0 Å². The summed E-state index contributed by atoms with van der Waals surface area (Å²) in [6.07, 6.45) is 0. The second kappa shape index (κ2) is 10.9. The van der Waals surface area contributed by atoms with Crippen LogP contribution in [0.2, 0.25) is 13.1 Å². The number of nitrogens with zero attached hydrogens (tertiary/aromatic N) is 3. The number of aromatic nitrogens is 3. The van der Waals surface area contributed by atoms with E-state index in [1.807, 2.05) is 60.7 Å². The zero-order chi connectivity index (χ0) is 30.4. The topological polar surface area (TPSA) is 38.7 Å². The van der Waals surface area contributed by atoms with Crippen LogP contribution >= 0.6 is 0 Å². The van der Waals surface area contributed by atoms with Gasteiger partial charge in [-0.05, 0) is 55.9 Å². The Labute approximate surface area is 265 Å². The van der Waals surface area contributed by atoms with E-state index in [0.29, 0.717) is 17.5 Å². The summed E-state index contributed by atoms with van der Waals surface area (Å²) < 4.78 is 0. The van der Waals surface area contributed by atoms with Gasteiger partial charge < -0.3 is 0 Å². The van der Waals surface area contributed by atoms with E-state index in [9.17, 15) is 0 Å². The molecule has 3 nitrogen and oxygen atoms in total. The molecule has 1 aromatic heterocycles. The first-order chi connectivity index (χ1) is 22.1. The molecule has 0 saturated heterocycles. The summed E-state index contributed by atoms with van der Waals surface area (Å²) in [5.74, 6) is 1.98. The third kappa shape index (κ3) is 4.80. The molecule has 0 radical (unpaired) electrons. The van der Waals surface area contributed by atoms with Gasteiger partial charge in [-0.3, -0.25) is 0 Å². The van der Waals surface area contributed by atoms with Crippen molar-refractivity contribution in [2.45, 2.75) is 13.1 Å². The van der Waals surface area contributed by atoms with Crippen molar-refractivity contribution >= 4 is 18.4 Å². The Morgan fingerprint density at radius 3 is 1.42 bits per heavy atom. The number of fused-ring (bicyclic) bond motifs is 3. The normalized spacial score (nSPS) is 12.8. The van der Waals surface area contributed by atoms with Gasteiger partial charge in [0.1, 0.15) is 8.07 Å². The van der Waals surface area contributed by atoms with E-state index in [1.165, 1.54) is 32.6 Å². The molecule has 1 aliphatic rings. The van der Waals surface area contributed by atoms with Crippen molar-refractivity contribution in [1.82, 2.24) is 15.0 Å². The standard InChI is InChI=1S/C41H31N3Si/c1-45(2)36-24-10-9-22-35(36)38-34(23-13-25-37(38)45)32-20-11-18-30(26-32)31-19-12-21-33(27-31)41-43-39(28-14-5-3-6-15-28)42-40(44-41)29-16-7-4-8-17-29/h3-27H,1-2H3. The van der Waals surface area contributed by atoms with Crippen LogP contribution in [0.3, 0.4) is 0 Å². The Morgan fingerprint density at radius 2 is 0.778 bits per heavy atom. The third-order valence-corrected chi connectivity index (χ3v) is 12.5. The maximum absolute atomic E-state index is 4.96. The van der Waals surface area contributed by atoms with Crippen LogP contribution in [0.1, 0.15) is 0 Å². The summed E-state index contributed by atoms with van der Waals surface area (Å²) >= 11 is 0. The average molecular weight is 594 g/mol. The maximum Gasteiger partial charge on any atom is 0.164 e. The molecule has 8 rings (SSSR count). The molecule has 0 bridgehead atoms. The molecule has 1 aliphatic heterocycles. The highest BCUT2D eigenvalue weighted by Gasteiger charge is 2.38. The molecule has 0 saturated carbocycles. The van der Waals surface area contributed by atoms with Gasteiger partial charge in [0.05, 0.1) is 0 Å². The maximum atomic E-state index is 4.96. The lowest BCUT2D eigenvalue weighted by Gasteiger charge is -2.19. The highest BCUT2D eigenvalue weighted by molar-refractivity contribution is 7.04. The van der Waals surface area contributed by atoms with Crippen LogP contribution in [0.5, 0.6) is 0 Å². The van der Waals surface area contributed by atoms with E-state index in [-0.39, 0.29) is 0 Å². The lowest BCUT2D eigenvalue weighted by atomic mass is 9.92. The van der Waals surface area contributed by atoms with Crippen molar-refractivity contribution < 1.29 is 0 Å². The smallest absolute Gasteiger partial charge is 0.164 e. The summed E-state index contributed by atoms with van der Waals surface area (Å²) in [5.41, 5.74) is 10.5. The molecular weight excluding hydrogens is 563 g/mol. The van der Waals surface area contributed by atoms with Crippen LogP contribution in [0.15, 0.2) is 152 Å². The quantitative estimate of drug-likeness (QED) is 0.187. The van der Waals surface area contributed by atoms with Crippen LogP contribution in [0.4, 0.5) is 0 Å². The summed E-state index contributed by atoms with van der Waals surface area (Å²) in [5, 5.41) is 3.05. The first-order valence-electron chi connectivity index (χ1n) is 15.4. The predicted molar refractivity (Wildman–Crippen MR) is 189 cm³/mol. The highest BCUT2D eigenvalue weighted by Crippen LogP contribution is 2.38. The van der Waals surface area contributed by atoms with Crippen molar-refractivity contribution in [2.75, 3.05) is 0 Å². The van der Waals surface area contributed by atoms with E-state index in [2.05, 4.69) is 104 Å². The van der Waals surface area contributed by atoms with Crippen molar-refractivity contribution in [1.29, 1.82) is 0 Å². The third-order valence-electron chi connectivity index (χ3n) is 8.93. The molecule has 0 amide bonds. The zero-order valence-electron chi connectivity index (χ0n) is 25.3. The van der Waals surface area contributed by atoms with E-state index >= 15 is 0 Å². The summed E-state index contributed by atoms with van der Waals surface area (Å²) in [6, 6.07) is 53.5. The number of hydrogen-bond donors (Lipinski definition) is 0. The van der Waals surface area contributed by atoms with Crippen LogP contribution in [-0.4, -0.2) is 23.0 Å². The van der Waals surface area contributed by atoms with Crippen LogP contribution in [0, 0.1) is 0 Å². The molecule has 4 heteroatoms. The molecule has 0 unspecified atom stereocenters. The fourth-order valence-electron chi connectivity index (χ4n) is 6.64. The Hall–Kier alpha value is -5.45. The van der Waals surface area contributed by atoms with E-state index in [4.69, 9.17) is 15.0 Å². The van der Waals surface area contributed by atoms with Crippen LogP contribution < -0.4 is 10.4 Å². The Morgan fingerprint density at radius 1 is 0.356 bits per heavy atom. The molecule has 2 heterocycles. The van der Waals surface area contributed by atoms with Gasteiger partial charge in [-0.25, -0.2) is 15.0 Å². The monoisotopic (exact) mass is 593 g/mol. The van der Waals surface area contributed by atoms with Crippen molar-refractivity contribution in [3.63, 3.8) is 0 Å². The SMILES string of the molecule is C[Si]1(C)c2ccccc2-c2c(-c3cccc(-c4cccc(-c5nc(-c6ccccc6)nc(-c6ccccc6)n5)c4)c3)cccc21. The molecular formula is C41H31N3Si. The van der Waals surface area contributed by atoms with E-state index in [0.717, 1.165) is 27.8 Å². The summed E-state index contributed by atoms with van der Waals surface area (Å²) in [7, 11) is -1.75. The largest absolute Gasteiger partial charge is 0.208 e. The fourth-order valence-corrected chi connectivity index (χ4v) is 9.73. The summed E-state index contributed by atoms with van der Waals surface area (Å²) in [4.78, 5) is 14.8. The lowest BCUT2D eigenvalue weighted by Crippen LogP contribution is -2.49. The minimum atomic E-state index is -1.75. The van der Waals surface area contributed by atoms with Crippen molar-refractivity contribution in [3.8, 4) is 67.5 Å². The molecule has 0 aliphatic carbocycles. The molecule has 7 aromatic rings. The highest BCUT2D eigenvalue weighted by atomic mass is 28.3. The first kappa shape index (κ1) is 27.1. The number of hydrogen-bond acceptors (Lipinski definition) is 3. The van der Waals surface area contributed by atoms with Crippen molar-refractivity contribution in [3.05, 3.63) is 152 Å².